The van der Waals surface area contributed by atoms with E-state index in [1.807, 2.05) is 3.88 Å². The molecule has 0 aliphatic heterocycles. The summed E-state index contributed by atoms with van der Waals surface area (Å²) in [5.74, 6) is 0.679. The van der Waals surface area contributed by atoms with Gasteiger partial charge in [-0.05, 0) is 0 Å². The number of rotatable bonds is 3. The molecule has 0 saturated heterocycles. The van der Waals surface area contributed by atoms with Crippen LogP contribution in [0.3, 0.4) is 0 Å². The van der Waals surface area contributed by atoms with Gasteiger partial charge in [-0.25, -0.2) is 0 Å². The van der Waals surface area contributed by atoms with E-state index in [9.17, 15) is 0 Å². The minimum absolute atomic E-state index is 0.228. The van der Waals surface area contributed by atoms with Crippen LogP contribution in [0.1, 0.15) is 48.5 Å². The van der Waals surface area contributed by atoms with Crippen molar-refractivity contribution in [3.63, 3.8) is 0 Å². The van der Waals surface area contributed by atoms with Crippen molar-refractivity contribution in [2.24, 2.45) is 5.92 Å². The molecule has 1 N–H and O–H groups in total. The fourth-order valence-electron chi connectivity index (χ4n) is 3.80. The molecule has 0 aromatic carbocycles. The van der Waals surface area contributed by atoms with Gasteiger partial charge in [-0.3, -0.25) is 0 Å². The van der Waals surface area contributed by atoms with Crippen molar-refractivity contribution >= 4 is 6.10 Å². The van der Waals surface area contributed by atoms with Gasteiger partial charge in [0.15, 0.2) is 0 Å². The second-order valence-electron chi connectivity index (χ2n) is 8.69. The van der Waals surface area contributed by atoms with E-state index in [-0.39, 0.29) is 5.54 Å². The minimum atomic E-state index is -2.05. The molecule has 1 aliphatic rings. The summed E-state index contributed by atoms with van der Waals surface area (Å²) in [6, 6.07) is 0. The molecule has 0 radical (unpaired) electrons. The van der Waals surface area contributed by atoms with Crippen molar-refractivity contribution in [2.45, 2.75) is 77.6 Å². The molecule has 20 heavy (non-hydrogen) atoms. The Bertz CT molecular complexity index is 464. The standard InChI is InChI=1S/C9H13.C6H16NSi.2CH3.Ti/c1-6-5-7(2)9(4)8(6)3;1-6(2,3)7-8(4)5;;;/h6H,1-4H3;7H,1-5H3;2*1H3;. The van der Waals surface area contributed by atoms with Crippen molar-refractivity contribution in [2.75, 3.05) is 0 Å². The van der Waals surface area contributed by atoms with E-state index in [4.69, 9.17) is 0 Å². The van der Waals surface area contributed by atoms with Gasteiger partial charge in [-0.2, -0.15) is 0 Å². The number of hydrogen-bond donors (Lipinski definition) is 1. The zero-order chi connectivity index (χ0) is 16.1. The third kappa shape index (κ3) is 3.24. The Morgan fingerprint density at radius 1 is 1.00 bits per heavy atom. The Morgan fingerprint density at radius 3 is 1.75 bits per heavy atom. The molecule has 0 heterocycles. The van der Waals surface area contributed by atoms with E-state index in [1.54, 1.807) is 16.7 Å². The second kappa shape index (κ2) is 5.53. The summed E-state index contributed by atoms with van der Waals surface area (Å²) in [7, 11) is 0. The van der Waals surface area contributed by atoms with Gasteiger partial charge >= 0.3 is 131 Å². The van der Waals surface area contributed by atoms with E-state index in [0.29, 0.717) is 5.92 Å². The van der Waals surface area contributed by atoms with Gasteiger partial charge in [0.1, 0.15) is 0 Å². The Morgan fingerprint density at radius 2 is 1.45 bits per heavy atom. The van der Waals surface area contributed by atoms with Gasteiger partial charge in [0, 0.05) is 0 Å². The van der Waals surface area contributed by atoms with Crippen molar-refractivity contribution < 1.29 is 15.8 Å². The van der Waals surface area contributed by atoms with Gasteiger partial charge in [-0.15, -0.1) is 0 Å². The molecule has 0 bridgehead atoms. The van der Waals surface area contributed by atoms with Crippen LogP contribution in [0.15, 0.2) is 20.6 Å². The maximum atomic E-state index is 4.05. The number of nitrogens with one attached hydrogen (secondary N) is 1. The first-order valence-corrected chi connectivity index (χ1v) is 17.2. The van der Waals surface area contributed by atoms with E-state index >= 15 is 0 Å². The topological polar surface area (TPSA) is 12.0 Å². The molecular formula is C17H35NSiTi. The molecule has 116 valence electrons. The van der Waals surface area contributed by atoms with Crippen LogP contribution in [0.25, 0.3) is 0 Å². The van der Waals surface area contributed by atoms with Crippen molar-refractivity contribution in [1.82, 2.24) is 4.98 Å². The molecule has 1 rings (SSSR count). The fourth-order valence-corrected chi connectivity index (χ4v) is 18.5. The molecule has 0 amide bonds. The molecular weight excluding hydrogens is 294 g/mol. The van der Waals surface area contributed by atoms with E-state index in [2.05, 4.69) is 77.0 Å². The van der Waals surface area contributed by atoms with Crippen LogP contribution in [0, 0.1) is 5.92 Å². The van der Waals surface area contributed by atoms with Gasteiger partial charge < -0.3 is 0 Å². The number of allylic oxidation sites excluding steroid dienone is 4. The summed E-state index contributed by atoms with van der Waals surface area (Å²) in [5, 5.41) is 5.29. The summed E-state index contributed by atoms with van der Waals surface area (Å²) >= 11 is -2.05. The Balaban J connectivity index is 3.25. The Hall–Kier alpha value is 0.371. The Labute approximate surface area is 130 Å². The van der Waals surface area contributed by atoms with Crippen LogP contribution >= 0.6 is 0 Å². The molecule has 0 saturated carbocycles. The number of hydrogen-bond acceptors (Lipinski definition) is 1. The van der Waals surface area contributed by atoms with Crippen LogP contribution in [0.2, 0.25) is 23.6 Å². The zero-order valence-electron chi connectivity index (χ0n) is 15.6. The first-order chi connectivity index (χ1) is 8.72. The zero-order valence-corrected chi connectivity index (χ0v) is 18.1. The summed E-state index contributed by atoms with van der Waals surface area (Å²) in [6.07, 6.45) is -1.42. The second-order valence-corrected chi connectivity index (χ2v) is 29.1. The van der Waals surface area contributed by atoms with Crippen LogP contribution in [-0.2, 0) is 15.8 Å². The third-order valence-corrected chi connectivity index (χ3v) is 29.8. The first kappa shape index (κ1) is 18.4. The van der Waals surface area contributed by atoms with Crippen molar-refractivity contribution in [1.29, 1.82) is 0 Å². The molecule has 1 unspecified atom stereocenters. The van der Waals surface area contributed by atoms with Crippen LogP contribution < -0.4 is 4.98 Å². The van der Waals surface area contributed by atoms with E-state index in [1.165, 1.54) is 0 Å². The van der Waals surface area contributed by atoms with E-state index < -0.39 is 21.9 Å². The molecule has 1 aliphatic carbocycles. The monoisotopic (exact) mass is 329 g/mol. The molecule has 3 heteroatoms. The van der Waals surface area contributed by atoms with Crippen molar-refractivity contribution in [3.8, 4) is 0 Å². The van der Waals surface area contributed by atoms with Gasteiger partial charge in [0.05, 0.1) is 0 Å². The van der Waals surface area contributed by atoms with Crippen LogP contribution in [-0.4, -0.2) is 11.6 Å². The molecule has 1 atom stereocenters. The SMILES string of the molecule is CC1=C(C)C(C)[C]([Ti]([CH3])([CH3])[Si](C)(C)NC(C)(C)C)=C1C. The predicted octanol–water partition coefficient (Wildman–Crippen LogP) is 5.59. The van der Waals surface area contributed by atoms with Crippen LogP contribution in [0.4, 0.5) is 0 Å². The maximum absolute atomic E-state index is 4.05. The third-order valence-electron chi connectivity index (χ3n) is 5.56. The van der Waals surface area contributed by atoms with Gasteiger partial charge in [0.25, 0.3) is 0 Å². The summed E-state index contributed by atoms with van der Waals surface area (Å²) in [6.45, 7) is 21.5. The Kier molecular flexibility index (Phi) is 5.10. The predicted molar refractivity (Wildman–Crippen MR) is 92.3 cm³/mol. The molecule has 0 fully saturated rings. The first-order valence-electron chi connectivity index (χ1n) is 7.90. The summed E-state index contributed by atoms with van der Waals surface area (Å²) in [5.41, 5.74) is 5.02. The van der Waals surface area contributed by atoms with Crippen LogP contribution in [0.5, 0.6) is 0 Å². The van der Waals surface area contributed by atoms with Gasteiger partial charge in [-0.1, -0.05) is 0 Å². The quantitative estimate of drug-likeness (QED) is 0.666. The summed E-state index contributed by atoms with van der Waals surface area (Å²) in [4.78, 5) is 4.05. The normalized spacial score (nSPS) is 22.1. The fraction of sp³-hybridized carbons (Fsp3) is 0.765. The van der Waals surface area contributed by atoms with E-state index in [0.717, 1.165) is 0 Å². The summed E-state index contributed by atoms with van der Waals surface area (Å²) < 4.78 is 1.86. The average molecular weight is 329 g/mol. The van der Waals surface area contributed by atoms with Crippen molar-refractivity contribution in [3.05, 3.63) is 20.6 Å². The van der Waals surface area contributed by atoms with Gasteiger partial charge in [0.2, 0.25) is 0 Å². The average Bonchev–Trinajstić information content (AvgIpc) is 2.39. The molecule has 0 aromatic heterocycles. The molecule has 1 nitrogen and oxygen atoms in total. The molecule has 0 spiro atoms. The molecule has 0 aromatic rings.